The Labute approximate surface area is 174 Å². The van der Waals surface area contributed by atoms with E-state index in [0.717, 1.165) is 21.5 Å². The van der Waals surface area contributed by atoms with Crippen molar-refractivity contribution in [1.29, 1.82) is 0 Å². The number of benzene rings is 2. The first-order chi connectivity index (χ1) is 13.5. The molecule has 0 unspecified atom stereocenters. The van der Waals surface area contributed by atoms with Crippen molar-refractivity contribution in [2.75, 3.05) is 20.7 Å². The van der Waals surface area contributed by atoms with Crippen molar-refractivity contribution in [3.8, 4) is 5.75 Å². The first-order valence-electron chi connectivity index (χ1n) is 8.53. The SMILES string of the molecule is Cc1ccc(C)c(OCC(=O)NNC(=O)c2cc(S(=O)(=O)N(C)C)ccc2Cl)c1. The molecule has 0 aliphatic carbocycles. The molecule has 2 rings (SSSR count). The molecule has 0 radical (unpaired) electrons. The van der Waals surface area contributed by atoms with Crippen LogP contribution in [-0.4, -0.2) is 45.2 Å². The molecule has 0 bridgehead atoms. The topological polar surface area (TPSA) is 105 Å². The van der Waals surface area contributed by atoms with E-state index in [1.807, 2.05) is 26.0 Å². The lowest BCUT2D eigenvalue weighted by Gasteiger charge is -2.14. The Bertz CT molecular complexity index is 1040. The molecule has 2 N–H and O–H groups in total. The fourth-order valence-corrected chi connectivity index (χ4v) is 3.42. The fourth-order valence-electron chi connectivity index (χ4n) is 2.29. The molecule has 0 aliphatic heterocycles. The highest BCUT2D eigenvalue weighted by Gasteiger charge is 2.21. The van der Waals surface area contributed by atoms with Crippen molar-refractivity contribution < 1.29 is 22.7 Å². The molecular weight excluding hydrogens is 418 g/mol. The number of nitrogens with one attached hydrogen (secondary N) is 2. The van der Waals surface area contributed by atoms with Gasteiger partial charge >= 0.3 is 0 Å². The first kappa shape index (κ1) is 22.7. The summed E-state index contributed by atoms with van der Waals surface area (Å²) in [5.41, 5.74) is 6.18. The van der Waals surface area contributed by atoms with E-state index in [1.165, 1.54) is 26.2 Å². The first-order valence-corrected chi connectivity index (χ1v) is 10.4. The molecule has 156 valence electrons. The summed E-state index contributed by atoms with van der Waals surface area (Å²) in [6.07, 6.45) is 0. The molecule has 10 heteroatoms. The van der Waals surface area contributed by atoms with E-state index in [0.29, 0.717) is 5.75 Å². The lowest BCUT2D eigenvalue weighted by atomic mass is 10.1. The van der Waals surface area contributed by atoms with E-state index in [-0.39, 0.29) is 22.1 Å². The normalized spacial score (nSPS) is 11.2. The maximum atomic E-state index is 12.3. The lowest BCUT2D eigenvalue weighted by Crippen LogP contribution is -2.44. The van der Waals surface area contributed by atoms with Gasteiger partial charge in [-0.25, -0.2) is 12.7 Å². The monoisotopic (exact) mass is 439 g/mol. The number of hydrogen-bond donors (Lipinski definition) is 2. The van der Waals surface area contributed by atoms with Gasteiger partial charge in [-0.1, -0.05) is 23.7 Å². The van der Waals surface area contributed by atoms with E-state index >= 15 is 0 Å². The van der Waals surface area contributed by atoms with Gasteiger partial charge in [-0.2, -0.15) is 0 Å². The van der Waals surface area contributed by atoms with Crippen molar-refractivity contribution in [1.82, 2.24) is 15.2 Å². The number of hydrogen-bond acceptors (Lipinski definition) is 5. The van der Waals surface area contributed by atoms with Gasteiger partial charge in [0.2, 0.25) is 10.0 Å². The highest BCUT2D eigenvalue weighted by Crippen LogP contribution is 2.22. The third-order valence-electron chi connectivity index (χ3n) is 3.98. The molecule has 0 fully saturated rings. The van der Waals surface area contributed by atoms with Crippen LogP contribution in [-0.2, 0) is 14.8 Å². The maximum absolute atomic E-state index is 12.3. The van der Waals surface area contributed by atoms with Crippen LogP contribution >= 0.6 is 11.6 Å². The van der Waals surface area contributed by atoms with E-state index in [2.05, 4.69) is 10.9 Å². The van der Waals surface area contributed by atoms with Crippen LogP contribution in [0, 0.1) is 13.8 Å². The van der Waals surface area contributed by atoms with Gasteiger partial charge in [0.25, 0.3) is 11.8 Å². The van der Waals surface area contributed by atoms with Gasteiger partial charge in [0, 0.05) is 14.1 Å². The van der Waals surface area contributed by atoms with Crippen LogP contribution in [0.25, 0.3) is 0 Å². The predicted octanol–water partition coefficient (Wildman–Crippen LogP) is 2.05. The van der Waals surface area contributed by atoms with E-state index in [9.17, 15) is 18.0 Å². The zero-order valence-electron chi connectivity index (χ0n) is 16.4. The van der Waals surface area contributed by atoms with Gasteiger partial charge in [-0.15, -0.1) is 0 Å². The average molecular weight is 440 g/mol. The molecule has 2 amide bonds. The third-order valence-corrected chi connectivity index (χ3v) is 6.12. The van der Waals surface area contributed by atoms with Crippen LogP contribution in [0.2, 0.25) is 5.02 Å². The van der Waals surface area contributed by atoms with Crippen LogP contribution in [0.1, 0.15) is 21.5 Å². The number of hydrazine groups is 1. The predicted molar refractivity (Wildman–Crippen MR) is 109 cm³/mol. The standard InChI is InChI=1S/C19H22ClN3O5S/c1-12-5-6-13(2)17(9-12)28-11-18(24)21-22-19(25)15-10-14(7-8-16(15)20)29(26,27)23(3)4/h5-10H,11H2,1-4H3,(H,21,24)(H,22,25). The maximum Gasteiger partial charge on any atom is 0.276 e. The van der Waals surface area contributed by atoms with Crippen LogP contribution in [0.3, 0.4) is 0 Å². The Balaban J connectivity index is 2.01. The van der Waals surface area contributed by atoms with Crippen molar-refractivity contribution in [3.63, 3.8) is 0 Å². The van der Waals surface area contributed by atoms with Crippen LogP contribution in [0.15, 0.2) is 41.3 Å². The Hall–Kier alpha value is -2.62. The number of nitrogens with zero attached hydrogens (tertiary/aromatic N) is 1. The summed E-state index contributed by atoms with van der Waals surface area (Å²) in [6.45, 7) is 3.44. The molecule has 0 spiro atoms. The smallest absolute Gasteiger partial charge is 0.276 e. The number of sulfonamides is 1. The molecule has 0 aromatic heterocycles. The van der Waals surface area contributed by atoms with Crippen molar-refractivity contribution >= 4 is 33.4 Å². The number of aryl methyl sites for hydroxylation is 2. The second-order valence-corrected chi connectivity index (χ2v) is 9.05. The molecule has 0 saturated heterocycles. The summed E-state index contributed by atoms with van der Waals surface area (Å²) in [7, 11) is -0.991. The summed E-state index contributed by atoms with van der Waals surface area (Å²) in [6, 6.07) is 9.35. The van der Waals surface area contributed by atoms with Crippen molar-refractivity contribution in [2.45, 2.75) is 18.7 Å². The second-order valence-electron chi connectivity index (χ2n) is 6.49. The van der Waals surface area contributed by atoms with Gasteiger partial charge in [0.1, 0.15) is 5.75 Å². The number of carbonyl (C=O) groups excluding carboxylic acids is 2. The number of halogens is 1. The zero-order chi connectivity index (χ0) is 21.8. The number of amides is 2. The molecule has 0 atom stereocenters. The van der Waals surface area contributed by atoms with Gasteiger partial charge < -0.3 is 4.74 Å². The van der Waals surface area contributed by atoms with Crippen molar-refractivity contribution in [3.05, 3.63) is 58.1 Å². The Kier molecular flexibility index (Phi) is 7.23. The minimum absolute atomic E-state index is 0.0427. The Morgan fingerprint density at radius 1 is 1.07 bits per heavy atom. The van der Waals surface area contributed by atoms with Crippen LogP contribution < -0.4 is 15.6 Å². The average Bonchev–Trinajstić information content (AvgIpc) is 2.66. The van der Waals surface area contributed by atoms with Crippen LogP contribution in [0.4, 0.5) is 0 Å². The summed E-state index contributed by atoms with van der Waals surface area (Å²) < 4.78 is 30.9. The van der Waals surface area contributed by atoms with Gasteiger partial charge in [-0.3, -0.25) is 20.4 Å². The highest BCUT2D eigenvalue weighted by molar-refractivity contribution is 7.89. The molecule has 2 aromatic rings. The number of ether oxygens (including phenoxy) is 1. The summed E-state index contributed by atoms with van der Waals surface area (Å²) in [4.78, 5) is 24.2. The van der Waals surface area contributed by atoms with E-state index < -0.39 is 21.8 Å². The summed E-state index contributed by atoms with van der Waals surface area (Å²) in [5, 5.41) is 0.0427. The van der Waals surface area contributed by atoms with Crippen LogP contribution in [0.5, 0.6) is 5.75 Å². The summed E-state index contributed by atoms with van der Waals surface area (Å²) in [5.74, 6) is -0.783. The van der Waals surface area contributed by atoms with Gasteiger partial charge in [-0.05, 0) is 49.2 Å². The minimum Gasteiger partial charge on any atom is -0.483 e. The lowest BCUT2D eigenvalue weighted by molar-refractivity contribution is -0.123. The largest absolute Gasteiger partial charge is 0.483 e. The Morgan fingerprint density at radius 3 is 2.41 bits per heavy atom. The number of carbonyl (C=O) groups is 2. The zero-order valence-corrected chi connectivity index (χ0v) is 18.0. The van der Waals surface area contributed by atoms with E-state index in [4.69, 9.17) is 16.3 Å². The third kappa shape index (κ3) is 5.69. The van der Waals surface area contributed by atoms with Gasteiger partial charge in [0.15, 0.2) is 6.61 Å². The fraction of sp³-hybridized carbons (Fsp3) is 0.263. The van der Waals surface area contributed by atoms with E-state index in [1.54, 1.807) is 6.07 Å². The quantitative estimate of drug-likeness (QED) is 0.670. The molecular formula is C19H22ClN3O5S. The molecule has 8 nitrogen and oxygen atoms in total. The number of rotatable bonds is 6. The highest BCUT2D eigenvalue weighted by atomic mass is 35.5. The molecule has 0 aliphatic rings. The minimum atomic E-state index is -3.74. The molecule has 29 heavy (non-hydrogen) atoms. The van der Waals surface area contributed by atoms with Gasteiger partial charge in [0.05, 0.1) is 15.5 Å². The molecule has 0 heterocycles. The molecule has 0 saturated carbocycles. The van der Waals surface area contributed by atoms with Crippen molar-refractivity contribution in [2.24, 2.45) is 0 Å². The Morgan fingerprint density at radius 2 is 1.76 bits per heavy atom. The summed E-state index contributed by atoms with van der Waals surface area (Å²) >= 11 is 6.00. The second kappa shape index (κ2) is 9.25. The molecule has 2 aromatic carbocycles.